The van der Waals surface area contributed by atoms with Gasteiger partial charge in [0.15, 0.2) is 0 Å². The van der Waals surface area contributed by atoms with Crippen LogP contribution in [0.4, 0.5) is 11.4 Å². The Labute approximate surface area is 143 Å². The second-order valence-corrected chi connectivity index (χ2v) is 5.26. The van der Waals surface area contributed by atoms with Crippen LogP contribution in [-0.4, -0.2) is 14.1 Å². The van der Waals surface area contributed by atoms with Gasteiger partial charge in [-0.2, -0.15) is 30.3 Å². The molecule has 0 aromatic heterocycles. The smallest absolute Gasteiger partial charge is 0.359 e. The van der Waals surface area contributed by atoms with Crippen molar-refractivity contribution in [2.24, 2.45) is 0 Å². The number of anilines is 2. The van der Waals surface area contributed by atoms with Gasteiger partial charge in [-0.1, -0.05) is 12.1 Å². The van der Waals surface area contributed by atoms with Crippen molar-refractivity contribution < 1.29 is 17.1 Å². The Kier molecular flexibility index (Phi) is 5.48. The van der Waals surface area contributed by atoms with Crippen molar-refractivity contribution in [3.8, 4) is 0 Å². The van der Waals surface area contributed by atoms with E-state index in [1.807, 2.05) is 30.3 Å². The summed E-state index contributed by atoms with van der Waals surface area (Å²) in [6.07, 6.45) is 0.326. The maximum atomic E-state index is 2.32. The molecule has 3 aromatic carbocycles. The molecule has 0 N–H and O–H groups in total. The molecule has 0 aliphatic carbocycles. The van der Waals surface area contributed by atoms with E-state index in [1.165, 1.54) is 16.9 Å². The van der Waals surface area contributed by atoms with Gasteiger partial charge >= 0.3 is 17.1 Å². The SMILES string of the molecule is CN1c2ccccc2N(C)C1[c-]1cccc1.[Fe+2].c1cc[cH-]c1. The van der Waals surface area contributed by atoms with E-state index in [4.69, 9.17) is 0 Å². The first-order valence-electron chi connectivity index (χ1n) is 7.22. The summed E-state index contributed by atoms with van der Waals surface area (Å²) in [4.78, 5) is 4.65. The average molecular weight is 332 g/mol. The minimum atomic E-state index is 0. The van der Waals surface area contributed by atoms with Crippen LogP contribution in [0, 0.1) is 0 Å². The summed E-state index contributed by atoms with van der Waals surface area (Å²) < 4.78 is 0. The van der Waals surface area contributed by atoms with Crippen LogP contribution in [0.2, 0.25) is 0 Å². The summed E-state index contributed by atoms with van der Waals surface area (Å²) in [5, 5.41) is 0. The fraction of sp³-hybridized carbons (Fsp3) is 0.158. The molecule has 0 saturated carbocycles. The zero-order valence-corrected chi connectivity index (χ0v) is 13.9. The summed E-state index contributed by atoms with van der Waals surface area (Å²) >= 11 is 0. The molecular weight excluding hydrogens is 312 g/mol. The third kappa shape index (κ3) is 3.11. The summed E-state index contributed by atoms with van der Waals surface area (Å²) in [6, 6.07) is 27.1. The van der Waals surface area contributed by atoms with Crippen molar-refractivity contribution in [2.75, 3.05) is 23.9 Å². The fourth-order valence-electron chi connectivity index (χ4n) is 2.91. The van der Waals surface area contributed by atoms with Gasteiger partial charge in [0.1, 0.15) is 0 Å². The maximum absolute atomic E-state index is 2.32. The molecule has 4 rings (SSSR count). The molecule has 0 saturated heterocycles. The number of para-hydroxylation sites is 2. The zero-order chi connectivity index (χ0) is 14.7. The van der Waals surface area contributed by atoms with Gasteiger partial charge in [0.05, 0.1) is 17.5 Å². The third-order valence-electron chi connectivity index (χ3n) is 3.92. The molecule has 1 aliphatic heterocycles. The Morgan fingerprint density at radius 1 is 0.818 bits per heavy atom. The van der Waals surface area contributed by atoms with Gasteiger partial charge in [-0.05, 0) is 12.1 Å². The van der Waals surface area contributed by atoms with Crippen LogP contribution in [0.1, 0.15) is 11.7 Å². The molecule has 1 aliphatic rings. The van der Waals surface area contributed by atoms with Gasteiger partial charge in [0, 0.05) is 14.1 Å². The van der Waals surface area contributed by atoms with Gasteiger partial charge < -0.3 is 9.80 Å². The van der Waals surface area contributed by atoms with Crippen LogP contribution in [0.3, 0.4) is 0 Å². The van der Waals surface area contributed by atoms with E-state index in [1.54, 1.807) is 0 Å². The Morgan fingerprint density at radius 2 is 1.32 bits per heavy atom. The van der Waals surface area contributed by atoms with E-state index < -0.39 is 0 Å². The topological polar surface area (TPSA) is 6.48 Å². The van der Waals surface area contributed by atoms with Crippen LogP contribution in [0.15, 0.2) is 78.9 Å². The molecule has 0 unspecified atom stereocenters. The predicted octanol–water partition coefficient (Wildman–Crippen LogP) is 4.39. The summed E-state index contributed by atoms with van der Waals surface area (Å²) in [5.74, 6) is 0. The van der Waals surface area contributed by atoms with Crippen molar-refractivity contribution in [3.63, 3.8) is 0 Å². The van der Waals surface area contributed by atoms with Gasteiger partial charge in [-0.3, -0.25) is 0 Å². The molecule has 0 fully saturated rings. The standard InChI is InChI=1S/C14H15N2.C5H5.Fe/c1-15-12-9-5-6-10-13(12)16(2)14(15)11-7-3-4-8-11;1-2-4-5-3-1;/h3-10,14H,1-2H3;1-5H;/q2*-1;+2. The monoisotopic (exact) mass is 332 g/mol. The normalized spacial score (nSPS) is 13.2. The van der Waals surface area contributed by atoms with Gasteiger partial charge in [-0.15, -0.1) is 5.56 Å². The molecule has 1 heterocycles. The van der Waals surface area contributed by atoms with E-state index in [0.29, 0.717) is 6.17 Å². The van der Waals surface area contributed by atoms with Gasteiger partial charge in [0.25, 0.3) is 0 Å². The van der Waals surface area contributed by atoms with Crippen LogP contribution in [0.5, 0.6) is 0 Å². The molecule has 0 amide bonds. The molecule has 3 aromatic rings. The number of nitrogens with zero attached hydrogens (tertiary/aromatic N) is 2. The third-order valence-corrected chi connectivity index (χ3v) is 3.92. The minimum absolute atomic E-state index is 0. The predicted molar refractivity (Wildman–Crippen MR) is 90.1 cm³/mol. The number of hydrogen-bond acceptors (Lipinski definition) is 2. The molecular formula is C19H20FeN2. The van der Waals surface area contributed by atoms with E-state index in [9.17, 15) is 0 Å². The molecule has 22 heavy (non-hydrogen) atoms. The summed E-state index contributed by atoms with van der Waals surface area (Å²) in [5.41, 5.74) is 3.95. The van der Waals surface area contributed by atoms with Crippen molar-refractivity contribution in [1.82, 2.24) is 0 Å². The summed E-state index contributed by atoms with van der Waals surface area (Å²) in [6.45, 7) is 0. The molecule has 114 valence electrons. The molecule has 0 radical (unpaired) electrons. The Hall–Kier alpha value is -1.96. The van der Waals surface area contributed by atoms with E-state index in [0.717, 1.165) is 0 Å². The first kappa shape index (κ1) is 16.4. The Balaban J connectivity index is 0.000000253. The maximum Gasteiger partial charge on any atom is 2.00 e. The average Bonchev–Trinajstić information content (AvgIpc) is 3.25. The van der Waals surface area contributed by atoms with Crippen molar-refractivity contribution in [1.29, 1.82) is 0 Å². The zero-order valence-electron chi connectivity index (χ0n) is 12.8. The van der Waals surface area contributed by atoms with Crippen LogP contribution < -0.4 is 9.80 Å². The first-order valence-corrected chi connectivity index (χ1v) is 7.22. The van der Waals surface area contributed by atoms with Crippen LogP contribution in [0.25, 0.3) is 0 Å². The number of benzene rings is 1. The first-order chi connectivity index (χ1) is 10.3. The van der Waals surface area contributed by atoms with Crippen molar-refractivity contribution >= 4 is 11.4 Å². The molecule has 0 atom stereocenters. The minimum Gasteiger partial charge on any atom is -0.359 e. The largest absolute Gasteiger partial charge is 2.00 e. The number of rotatable bonds is 1. The van der Waals surface area contributed by atoms with E-state index in [-0.39, 0.29) is 17.1 Å². The van der Waals surface area contributed by atoms with Crippen LogP contribution in [-0.2, 0) is 17.1 Å². The van der Waals surface area contributed by atoms with Gasteiger partial charge in [0.2, 0.25) is 0 Å². The quantitative estimate of drug-likeness (QED) is 0.482. The molecule has 3 heteroatoms. The van der Waals surface area contributed by atoms with Crippen molar-refractivity contribution in [2.45, 2.75) is 6.17 Å². The van der Waals surface area contributed by atoms with Crippen molar-refractivity contribution in [3.05, 3.63) is 84.4 Å². The Morgan fingerprint density at radius 3 is 1.73 bits per heavy atom. The van der Waals surface area contributed by atoms with Crippen LogP contribution >= 0.6 is 0 Å². The summed E-state index contributed by atoms with van der Waals surface area (Å²) in [7, 11) is 4.31. The Bertz CT molecular complexity index is 612. The van der Waals surface area contributed by atoms with Gasteiger partial charge in [-0.25, -0.2) is 24.3 Å². The second kappa shape index (κ2) is 7.35. The van der Waals surface area contributed by atoms with E-state index >= 15 is 0 Å². The number of hydrogen-bond donors (Lipinski definition) is 0. The molecule has 0 bridgehead atoms. The fourth-order valence-corrected chi connectivity index (χ4v) is 2.91. The number of fused-ring (bicyclic) bond motifs is 1. The molecule has 0 spiro atoms. The molecule has 2 nitrogen and oxygen atoms in total. The second-order valence-electron chi connectivity index (χ2n) is 5.26. The van der Waals surface area contributed by atoms with E-state index in [2.05, 4.69) is 72.4 Å².